The molecule has 0 aromatic heterocycles. The number of benzene rings is 1. The van der Waals surface area contributed by atoms with Gasteiger partial charge in [-0.1, -0.05) is 18.8 Å². The molecule has 0 bridgehead atoms. The molecule has 1 aromatic rings. The van der Waals surface area contributed by atoms with Gasteiger partial charge >= 0.3 is 0 Å². The van der Waals surface area contributed by atoms with Gasteiger partial charge in [0, 0.05) is 23.4 Å². The van der Waals surface area contributed by atoms with Gasteiger partial charge in [-0.2, -0.15) is 0 Å². The Morgan fingerprint density at radius 1 is 1.22 bits per heavy atom. The normalized spacial score (nSPS) is 19.2. The summed E-state index contributed by atoms with van der Waals surface area (Å²) in [5.74, 6) is 6.49. The highest BCUT2D eigenvalue weighted by Gasteiger charge is 2.10. The lowest BCUT2D eigenvalue weighted by atomic mass is 10.1. The monoisotopic (exact) mass is 261 g/mol. The zero-order valence-corrected chi connectivity index (χ0v) is 10.9. The molecule has 94 valence electrons. The number of hydrogen-bond donors (Lipinski definition) is 0. The lowest BCUT2D eigenvalue weighted by Gasteiger charge is -2.11. The van der Waals surface area contributed by atoms with Crippen LogP contribution in [0.2, 0.25) is 0 Å². The molecule has 0 heterocycles. The Bertz CT molecular complexity index is 473. The molecule has 1 unspecified atom stereocenters. The molecule has 1 aromatic carbocycles. The minimum atomic E-state index is -0.371. The second kappa shape index (κ2) is 6.46. The van der Waals surface area contributed by atoms with Gasteiger partial charge in [0.1, 0.15) is 0 Å². The Hall–Kier alpha value is -1.47. The summed E-state index contributed by atoms with van der Waals surface area (Å²) in [6.45, 7) is 0. The summed E-state index contributed by atoms with van der Waals surface area (Å²) in [5.41, 5.74) is 0.142. The van der Waals surface area contributed by atoms with Crippen molar-refractivity contribution in [3.8, 4) is 11.8 Å². The highest BCUT2D eigenvalue weighted by Crippen LogP contribution is 2.28. The fourth-order valence-electron chi connectivity index (χ4n) is 1.88. The third-order valence-corrected chi connectivity index (χ3v) is 4.04. The quantitative estimate of drug-likeness (QED) is 0.469. The van der Waals surface area contributed by atoms with Crippen molar-refractivity contribution in [3.63, 3.8) is 0 Å². The molecule has 1 atom stereocenters. The summed E-state index contributed by atoms with van der Waals surface area (Å²) in [6.07, 6.45) is 5.79. The van der Waals surface area contributed by atoms with Crippen LogP contribution in [0.15, 0.2) is 29.2 Å². The first kappa shape index (κ1) is 13.0. The number of rotatable bonds is 3. The van der Waals surface area contributed by atoms with E-state index in [1.165, 1.54) is 19.3 Å². The Kier molecular flexibility index (Phi) is 4.66. The molecule has 0 amide bonds. The van der Waals surface area contributed by atoms with E-state index in [9.17, 15) is 10.1 Å². The van der Waals surface area contributed by atoms with E-state index in [-0.39, 0.29) is 10.6 Å². The zero-order valence-electron chi connectivity index (χ0n) is 10.1. The van der Waals surface area contributed by atoms with Crippen LogP contribution in [0.5, 0.6) is 0 Å². The zero-order chi connectivity index (χ0) is 12.8. The minimum Gasteiger partial charge on any atom is -0.258 e. The fraction of sp³-hybridized carbons (Fsp3) is 0.429. The van der Waals surface area contributed by atoms with E-state index in [1.807, 2.05) is 12.1 Å². The van der Waals surface area contributed by atoms with Crippen LogP contribution >= 0.6 is 11.8 Å². The molecule has 0 N–H and O–H groups in total. The van der Waals surface area contributed by atoms with Crippen LogP contribution in [0.25, 0.3) is 0 Å². The maximum Gasteiger partial charge on any atom is 0.269 e. The average Bonchev–Trinajstić information content (AvgIpc) is 2.33. The molecule has 0 saturated heterocycles. The summed E-state index contributed by atoms with van der Waals surface area (Å²) in [7, 11) is 0. The van der Waals surface area contributed by atoms with Crippen molar-refractivity contribution in [2.75, 3.05) is 0 Å². The molecule has 0 saturated carbocycles. The van der Waals surface area contributed by atoms with Crippen LogP contribution in [0.3, 0.4) is 0 Å². The third-order valence-electron chi connectivity index (χ3n) is 2.86. The van der Waals surface area contributed by atoms with E-state index >= 15 is 0 Å². The highest BCUT2D eigenvalue weighted by atomic mass is 32.2. The maximum atomic E-state index is 10.6. The summed E-state index contributed by atoms with van der Waals surface area (Å²) < 4.78 is 0. The number of nitro benzene ring substituents is 1. The largest absolute Gasteiger partial charge is 0.269 e. The van der Waals surface area contributed by atoms with Crippen molar-refractivity contribution in [1.82, 2.24) is 0 Å². The minimum absolute atomic E-state index is 0.142. The van der Waals surface area contributed by atoms with Gasteiger partial charge in [-0.05, 0) is 25.0 Å². The number of nitrogens with zero attached hydrogens (tertiary/aromatic N) is 1. The van der Waals surface area contributed by atoms with Crippen molar-refractivity contribution >= 4 is 17.4 Å². The van der Waals surface area contributed by atoms with E-state index < -0.39 is 0 Å². The first-order valence-electron chi connectivity index (χ1n) is 6.15. The van der Waals surface area contributed by atoms with Gasteiger partial charge < -0.3 is 0 Å². The van der Waals surface area contributed by atoms with E-state index in [1.54, 1.807) is 23.9 Å². The fourth-order valence-corrected chi connectivity index (χ4v) is 2.93. The molecule has 0 radical (unpaired) electrons. The van der Waals surface area contributed by atoms with Gasteiger partial charge in [0.2, 0.25) is 0 Å². The van der Waals surface area contributed by atoms with Crippen molar-refractivity contribution in [2.45, 2.75) is 42.2 Å². The van der Waals surface area contributed by atoms with Gasteiger partial charge in [-0.25, -0.2) is 0 Å². The van der Waals surface area contributed by atoms with E-state index in [0.717, 1.165) is 17.7 Å². The standard InChI is InChI=1S/C14H15NO2S/c16-15(17)12-8-10-14(11-9-12)18-13-6-4-2-1-3-5-7-13/h8-11,13H,1-4,6H2. The van der Waals surface area contributed by atoms with Crippen molar-refractivity contribution < 1.29 is 4.92 Å². The summed E-state index contributed by atoms with van der Waals surface area (Å²) in [4.78, 5) is 11.2. The molecular formula is C14H15NO2S. The van der Waals surface area contributed by atoms with Crippen molar-refractivity contribution in [2.24, 2.45) is 0 Å². The molecule has 18 heavy (non-hydrogen) atoms. The van der Waals surface area contributed by atoms with E-state index in [0.29, 0.717) is 5.25 Å². The Balaban J connectivity index is 2.01. The van der Waals surface area contributed by atoms with Crippen LogP contribution in [-0.2, 0) is 0 Å². The first-order chi connectivity index (χ1) is 8.75. The lowest BCUT2D eigenvalue weighted by Crippen LogP contribution is -2.01. The molecule has 0 fully saturated rings. The van der Waals surface area contributed by atoms with Gasteiger partial charge in [0.15, 0.2) is 0 Å². The van der Waals surface area contributed by atoms with Crippen molar-refractivity contribution in [1.29, 1.82) is 0 Å². The van der Waals surface area contributed by atoms with E-state index in [2.05, 4.69) is 11.8 Å². The molecular weight excluding hydrogens is 246 g/mol. The molecule has 1 aliphatic carbocycles. The molecule has 1 aliphatic rings. The number of hydrogen-bond acceptors (Lipinski definition) is 3. The van der Waals surface area contributed by atoms with E-state index in [4.69, 9.17) is 0 Å². The summed E-state index contributed by atoms with van der Waals surface area (Å²) in [5, 5.41) is 10.9. The van der Waals surface area contributed by atoms with Gasteiger partial charge in [0.05, 0.1) is 10.2 Å². The predicted molar refractivity (Wildman–Crippen MR) is 73.6 cm³/mol. The third kappa shape index (κ3) is 3.78. The van der Waals surface area contributed by atoms with Crippen LogP contribution in [0, 0.1) is 22.0 Å². The van der Waals surface area contributed by atoms with Crippen LogP contribution in [0.1, 0.15) is 32.1 Å². The molecule has 4 heteroatoms. The predicted octanol–water partition coefficient (Wildman–Crippen LogP) is 4.02. The highest BCUT2D eigenvalue weighted by molar-refractivity contribution is 8.00. The Morgan fingerprint density at radius 2 is 2.00 bits per heavy atom. The molecule has 3 nitrogen and oxygen atoms in total. The van der Waals surface area contributed by atoms with Crippen LogP contribution in [-0.4, -0.2) is 10.2 Å². The smallest absolute Gasteiger partial charge is 0.258 e. The SMILES string of the molecule is O=[N+]([O-])c1ccc(SC2C#CCCCCC2)cc1. The molecule has 0 aliphatic heterocycles. The van der Waals surface area contributed by atoms with Gasteiger partial charge in [-0.15, -0.1) is 17.7 Å². The average molecular weight is 261 g/mol. The molecule has 2 rings (SSSR count). The van der Waals surface area contributed by atoms with Crippen LogP contribution in [0.4, 0.5) is 5.69 Å². The number of thioether (sulfide) groups is 1. The number of non-ortho nitro benzene ring substituents is 1. The summed E-state index contributed by atoms with van der Waals surface area (Å²) in [6, 6.07) is 6.73. The van der Waals surface area contributed by atoms with Crippen LogP contribution < -0.4 is 0 Å². The second-order valence-corrected chi connectivity index (χ2v) is 5.55. The van der Waals surface area contributed by atoms with Gasteiger partial charge in [-0.3, -0.25) is 10.1 Å². The second-order valence-electron chi connectivity index (χ2n) is 4.28. The first-order valence-corrected chi connectivity index (χ1v) is 7.03. The summed E-state index contributed by atoms with van der Waals surface area (Å²) >= 11 is 1.71. The maximum absolute atomic E-state index is 10.6. The number of nitro groups is 1. The Morgan fingerprint density at radius 3 is 2.72 bits per heavy atom. The lowest BCUT2D eigenvalue weighted by molar-refractivity contribution is -0.384. The molecule has 0 spiro atoms. The van der Waals surface area contributed by atoms with Gasteiger partial charge in [0.25, 0.3) is 5.69 Å². The van der Waals surface area contributed by atoms with Crippen molar-refractivity contribution in [3.05, 3.63) is 34.4 Å². The topological polar surface area (TPSA) is 43.1 Å². The Labute approximate surface area is 111 Å².